The van der Waals surface area contributed by atoms with Gasteiger partial charge in [-0.05, 0) is 37.0 Å². The van der Waals surface area contributed by atoms with Gasteiger partial charge in [-0.25, -0.2) is 0 Å². The lowest BCUT2D eigenvalue weighted by Gasteiger charge is -2.14. The van der Waals surface area contributed by atoms with E-state index in [1.807, 2.05) is 12.1 Å². The maximum atomic E-state index is 11.7. The Morgan fingerprint density at radius 1 is 1.44 bits per heavy atom. The van der Waals surface area contributed by atoms with Crippen molar-refractivity contribution in [2.75, 3.05) is 20.2 Å². The fourth-order valence-corrected chi connectivity index (χ4v) is 1.52. The molecule has 0 radical (unpaired) electrons. The van der Waals surface area contributed by atoms with E-state index in [4.69, 9.17) is 5.11 Å². The minimum Gasteiger partial charge on any atom is -0.396 e. The summed E-state index contributed by atoms with van der Waals surface area (Å²) in [7, 11) is 1.79. The number of amides is 1. The van der Waals surface area contributed by atoms with Crippen LogP contribution in [0.4, 0.5) is 0 Å². The molecule has 1 aromatic rings. The molecule has 0 spiro atoms. The molecule has 0 unspecified atom stereocenters. The van der Waals surface area contributed by atoms with Gasteiger partial charge in [0.25, 0.3) is 0 Å². The van der Waals surface area contributed by atoms with Gasteiger partial charge in [0.05, 0.1) is 0 Å². The van der Waals surface area contributed by atoms with E-state index in [2.05, 4.69) is 4.98 Å². The Hall–Kier alpha value is -1.68. The molecule has 0 saturated carbocycles. The SMILES string of the molecule is CN(CCCCCO)C(=O)/C=C/c1cccnc1. The first kappa shape index (κ1) is 14.4. The maximum absolute atomic E-state index is 11.7. The van der Waals surface area contributed by atoms with Crippen LogP contribution in [-0.4, -0.2) is 41.1 Å². The Bertz CT molecular complexity index is 377. The molecular weight excluding hydrogens is 228 g/mol. The normalized spacial score (nSPS) is 10.8. The first-order valence-electron chi connectivity index (χ1n) is 6.18. The van der Waals surface area contributed by atoms with Gasteiger partial charge in [0.15, 0.2) is 0 Å². The Kier molecular flexibility index (Phi) is 6.72. The van der Waals surface area contributed by atoms with Crippen LogP contribution in [0.25, 0.3) is 6.08 Å². The zero-order chi connectivity index (χ0) is 13.2. The summed E-state index contributed by atoms with van der Waals surface area (Å²) in [6.45, 7) is 0.939. The number of carbonyl (C=O) groups is 1. The Morgan fingerprint density at radius 2 is 2.28 bits per heavy atom. The van der Waals surface area contributed by atoms with Crippen LogP contribution in [0.2, 0.25) is 0 Å². The number of unbranched alkanes of at least 4 members (excludes halogenated alkanes) is 2. The number of aliphatic hydroxyl groups excluding tert-OH is 1. The van der Waals surface area contributed by atoms with Crippen molar-refractivity contribution in [3.8, 4) is 0 Å². The molecule has 0 saturated heterocycles. The molecule has 1 rings (SSSR count). The Balaban J connectivity index is 2.33. The van der Waals surface area contributed by atoms with Gasteiger partial charge in [-0.1, -0.05) is 6.07 Å². The molecule has 1 aromatic heterocycles. The molecule has 1 heterocycles. The average Bonchev–Trinajstić information content (AvgIpc) is 2.42. The number of rotatable bonds is 7. The largest absolute Gasteiger partial charge is 0.396 e. The number of aromatic nitrogens is 1. The van der Waals surface area contributed by atoms with Crippen molar-refractivity contribution in [1.29, 1.82) is 0 Å². The monoisotopic (exact) mass is 248 g/mol. The van der Waals surface area contributed by atoms with E-state index < -0.39 is 0 Å². The average molecular weight is 248 g/mol. The first-order chi connectivity index (χ1) is 8.74. The van der Waals surface area contributed by atoms with Gasteiger partial charge < -0.3 is 10.0 Å². The van der Waals surface area contributed by atoms with Crippen molar-refractivity contribution in [1.82, 2.24) is 9.88 Å². The van der Waals surface area contributed by atoms with Gasteiger partial charge in [0.1, 0.15) is 0 Å². The third-order valence-corrected chi connectivity index (χ3v) is 2.63. The third kappa shape index (κ3) is 5.59. The molecule has 4 heteroatoms. The van der Waals surface area contributed by atoms with Gasteiger partial charge >= 0.3 is 0 Å². The number of pyridine rings is 1. The second-order valence-electron chi connectivity index (χ2n) is 4.16. The quantitative estimate of drug-likeness (QED) is 0.590. The van der Waals surface area contributed by atoms with Crippen molar-refractivity contribution in [2.24, 2.45) is 0 Å². The molecule has 0 aromatic carbocycles. The van der Waals surface area contributed by atoms with Gasteiger partial charge in [-0.15, -0.1) is 0 Å². The summed E-state index contributed by atoms with van der Waals surface area (Å²) in [4.78, 5) is 17.4. The number of likely N-dealkylation sites (N-methyl/N-ethyl adjacent to an activating group) is 1. The Labute approximate surface area is 108 Å². The summed E-state index contributed by atoms with van der Waals surface area (Å²) in [6, 6.07) is 3.74. The zero-order valence-electron chi connectivity index (χ0n) is 10.7. The molecule has 0 fully saturated rings. The lowest BCUT2D eigenvalue weighted by atomic mass is 10.2. The summed E-state index contributed by atoms with van der Waals surface area (Å²) in [5.74, 6) is -0.0112. The lowest BCUT2D eigenvalue weighted by molar-refractivity contribution is -0.124. The predicted octanol–water partition coefficient (Wildman–Crippen LogP) is 1.72. The third-order valence-electron chi connectivity index (χ3n) is 2.63. The van der Waals surface area contributed by atoms with Crippen LogP contribution < -0.4 is 0 Å². The van der Waals surface area contributed by atoms with E-state index in [-0.39, 0.29) is 12.5 Å². The summed E-state index contributed by atoms with van der Waals surface area (Å²) in [5, 5.41) is 8.65. The molecule has 0 bridgehead atoms. The fourth-order valence-electron chi connectivity index (χ4n) is 1.52. The van der Waals surface area contributed by atoms with E-state index in [0.717, 1.165) is 31.4 Å². The van der Waals surface area contributed by atoms with Crippen molar-refractivity contribution in [3.05, 3.63) is 36.2 Å². The van der Waals surface area contributed by atoms with Crippen LogP contribution in [0.5, 0.6) is 0 Å². The summed E-state index contributed by atoms with van der Waals surface area (Å²) >= 11 is 0. The zero-order valence-corrected chi connectivity index (χ0v) is 10.7. The van der Waals surface area contributed by atoms with Crippen LogP contribution in [0.1, 0.15) is 24.8 Å². The highest BCUT2D eigenvalue weighted by atomic mass is 16.2. The second-order valence-corrected chi connectivity index (χ2v) is 4.16. The highest BCUT2D eigenvalue weighted by Crippen LogP contribution is 2.01. The van der Waals surface area contributed by atoms with Crippen LogP contribution in [-0.2, 0) is 4.79 Å². The first-order valence-corrected chi connectivity index (χ1v) is 6.18. The van der Waals surface area contributed by atoms with Gasteiger partial charge in [-0.2, -0.15) is 0 Å². The molecular formula is C14H20N2O2. The Morgan fingerprint density at radius 3 is 2.94 bits per heavy atom. The standard InChI is InChI=1S/C14H20N2O2/c1-16(10-3-2-4-11-17)14(18)8-7-13-6-5-9-15-12-13/h5-9,12,17H,2-4,10-11H2,1H3/b8-7+. The molecule has 0 atom stereocenters. The number of nitrogens with zero attached hydrogens (tertiary/aromatic N) is 2. The maximum Gasteiger partial charge on any atom is 0.246 e. The van der Waals surface area contributed by atoms with Crippen molar-refractivity contribution in [3.63, 3.8) is 0 Å². The van der Waals surface area contributed by atoms with Crippen molar-refractivity contribution >= 4 is 12.0 Å². The molecule has 0 aliphatic heterocycles. The summed E-state index contributed by atoms with van der Waals surface area (Å²) < 4.78 is 0. The summed E-state index contributed by atoms with van der Waals surface area (Å²) in [5.41, 5.74) is 0.916. The number of hydrogen-bond acceptors (Lipinski definition) is 3. The molecule has 18 heavy (non-hydrogen) atoms. The van der Waals surface area contributed by atoms with E-state index in [0.29, 0.717) is 0 Å². The number of carbonyl (C=O) groups excluding carboxylic acids is 1. The molecule has 4 nitrogen and oxygen atoms in total. The molecule has 1 amide bonds. The predicted molar refractivity (Wildman–Crippen MR) is 71.8 cm³/mol. The molecule has 1 N–H and O–H groups in total. The topological polar surface area (TPSA) is 53.4 Å². The number of aliphatic hydroxyl groups is 1. The minimum absolute atomic E-state index is 0.0112. The smallest absolute Gasteiger partial charge is 0.246 e. The lowest BCUT2D eigenvalue weighted by Crippen LogP contribution is -2.25. The van der Waals surface area contributed by atoms with Crippen LogP contribution >= 0.6 is 0 Å². The number of hydrogen-bond donors (Lipinski definition) is 1. The highest BCUT2D eigenvalue weighted by molar-refractivity contribution is 5.91. The van der Waals surface area contributed by atoms with Gasteiger partial charge in [0.2, 0.25) is 5.91 Å². The minimum atomic E-state index is -0.0112. The van der Waals surface area contributed by atoms with Crippen LogP contribution in [0, 0.1) is 0 Å². The van der Waals surface area contributed by atoms with Crippen molar-refractivity contribution < 1.29 is 9.90 Å². The van der Waals surface area contributed by atoms with E-state index >= 15 is 0 Å². The second kappa shape index (κ2) is 8.42. The van der Waals surface area contributed by atoms with E-state index in [1.165, 1.54) is 0 Å². The van der Waals surface area contributed by atoms with Crippen molar-refractivity contribution in [2.45, 2.75) is 19.3 Å². The molecule has 0 aliphatic rings. The molecule has 0 aliphatic carbocycles. The van der Waals surface area contributed by atoms with E-state index in [1.54, 1.807) is 36.5 Å². The van der Waals surface area contributed by atoms with Crippen LogP contribution in [0.15, 0.2) is 30.6 Å². The van der Waals surface area contributed by atoms with Gasteiger partial charge in [-0.3, -0.25) is 9.78 Å². The fraction of sp³-hybridized carbons (Fsp3) is 0.429. The van der Waals surface area contributed by atoms with Crippen LogP contribution in [0.3, 0.4) is 0 Å². The molecule has 98 valence electrons. The highest BCUT2D eigenvalue weighted by Gasteiger charge is 2.03. The van der Waals surface area contributed by atoms with Gasteiger partial charge in [0, 0.05) is 38.7 Å². The van der Waals surface area contributed by atoms with E-state index in [9.17, 15) is 4.79 Å². The summed E-state index contributed by atoms with van der Waals surface area (Å²) in [6.07, 6.45) is 9.40.